The molecule has 0 rings (SSSR count). The molecular weight excluding hydrogens is 1020 g/mol. The highest BCUT2D eigenvalue weighted by molar-refractivity contribution is 5.71. The molecule has 83 heavy (non-hydrogen) atoms. The van der Waals surface area contributed by atoms with Crippen LogP contribution >= 0.6 is 0 Å². The molecular formula is C77H134O6. The molecule has 1 atom stereocenters. The Kier molecular flexibility index (Phi) is 67.7. The zero-order valence-corrected chi connectivity index (χ0v) is 54.9. The summed E-state index contributed by atoms with van der Waals surface area (Å²) in [6.07, 6.45) is 95.9. The smallest absolute Gasteiger partial charge is 0.306 e. The van der Waals surface area contributed by atoms with Gasteiger partial charge < -0.3 is 14.2 Å². The first-order valence-corrected chi connectivity index (χ1v) is 35.7. The summed E-state index contributed by atoms with van der Waals surface area (Å²) in [6, 6.07) is 0. The van der Waals surface area contributed by atoms with Gasteiger partial charge in [0.25, 0.3) is 0 Å². The monoisotopic (exact) mass is 1160 g/mol. The first kappa shape index (κ1) is 79.3. The van der Waals surface area contributed by atoms with Gasteiger partial charge in [-0.25, -0.2) is 0 Å². The molecule has 0 aromatic heterocycles. The summed E-state index contributed by atoms with van der Waals surface area (Å²) in [6.45, 7) is 6.43. The summed E-state index contributed by atoms with van der Waals surface area (Å²) >= 11 is 0. The number of ether oxygens (including phenoxy) is 3. The van der Waals surface area contributed by atoms with E-state index in [0.29, 0.717) is 19.3 Å². The van der Waals surface area contributed by atoms with Crippen LogP contribution in [0, 0.1) is 0 Å². The van der Waals surface area contributed by atoms with Gasteiger partial charge in [0.15, 0.2) is 6.10 Å². The minimum absolute atomic E-state index is 0.0866. The van der Waals surface area contributed by atoms with Crippen LogP contribution in [0.25, 0.3) is 0 Å². The first-order valence-electron chi connectivity index (χ1n) is 35.7. The predicted molar refractivity (Wildman–Crippen MR) is 362 cm³/mol. The zero-order valence-electron chi connectivity index (χ0n) is 54.9. The van der Waals surface area contributed by atoms with E-state index in [9.17, 15) is 14.4 Å². The Balaban J connectivity index is 4.28. The molecule has 0 aliphatic heterocycles. The Bertz CT molecular complexity index is 1610. The van der Waals surface area contributed by atoms with Gasteiger partial charge in [-0.1, -0.05) is 336 Å². The van der Waals surface area contributed by atoms with Gasteiger partial charge in [0, 0.05) is 19.3 Å². The van der Waals surface area contributed by atoms with Crippen molar-refractivity contribution in [1.29, 1.82) is 0 Å². The van der Waals surface area contributed by atoms with E-state index in [4.69, 9.17) is 14.2 Å². The molecule has 6 heteroatoms. The highest BCUT2D eigenvalue weighted by Crippen LogP contribution is 2.18. The molecule has 0 fully saturated rings. The van der Waals surface area contributed by atoms with Crippen LogP contribution in [-0.2, 0) is 28.6 Å². The Morgan fingerprint density at radius 2 is 0.470 bits per heavy atom. The number of allylic oxidation sites excluding steroid dienone is 16. The van der Waals surface area contributed by atoms with E-state index < -0.39 is 6.10 Å². The van der Waals surface area contributed by atoms with Crippen molar-refractivity contribution in [3.05, 3.63) is 97.2 Å². The van der Waals surface area contributed by atoms with E-state index >= 15 is 0 Å². The van der Waals surface area contributed by atoms with E-state index in [-0.39, 0.29) is 31.1 Å². The average molecular weight is 1160 g/mol. The van der Waals surface area contributed by atoms with Gasteiger partial charge in [0.2, 0.25) is 0 Å². The maximum Gasteiger partial charge on any atom is 0.306 e. The second-order valence-corrected chi connectivity index (χ2v) is 23.7. The number of rotatable bonds is 65. The van der Waals surface area contributed by atoms with Crippen molar-refractivity contribution in [2.24, 2.45) is 0 Å². The Morgan fingerprint density at radius 1 is 0.253 bits per heavy atom. The van der Waals surface area contributed by atoms with Gasteiger partial charge in [-0.15, -0.1) is 0 Å². The topological polar surface area (TPSA) is 78.9 Å². The van der Waals surface area contributed by atoms with Crippen molar-refractivity contribution < 1.29 is 28.6 Å². The van der Waals surface area contributed by atoms with Gasteiger partial charge in [-0.05, 0) is 96.3 Å². The number of carbonyl (C=O) groups excluding carboxylic acids is 3. The van der Waals surface area contributed by atoms with E-state index in [1.807, 2.05) is 0 Å². The Morgan fingerprint density at radius 3 is 0.759 bits per heavy atom. The summed E-state index contributed by atoms with van der Waals surface area (Å²) in [4.78, 5) is 38.4. The van der Waals surface area contributed by atoms with Crippen LogP contribution in [-0.4, -0.2) is 37.2 Å². The van der Waals surface area contributed by atoms with Crippen molar-refractivity contribution in [3.63, 3.8) is 0 Å². The maximum absolute atomic E-state index is 13.0. The fraction of sp³-hybridized carbons (Fsp3) is 0.753. The quantitative estimate of drug-likeness (QED) is 0.0261. The fourth-order valence-corrected chi connectivity index (χ4v) is 10.3. The minimum Gasteiger partial charge on any atom is -0.462 e. The molecule has 6 nitrogen and oxygen atoms in total. The van der Waals surface area contributed by atoms with Crippen molar-refractivity contribution in [3.8, 4) is 0 Å². The number of unbranched alkanes of at least 4 members (excludes halogenated alkanes) is 38. The Labute approximate surface area is 515 Å². The molecule has 0 bridgehead atoms. The molecule has 0 radical (unpaired) electrons. The molecule has 0 N–H and O–H groups in total. The van der Waals surface area contributed by atoms with Crippen LogP contribution in [0.15, 0.2) is 97.2 Å². The van der Waals surface area contributed by atoms with Crippen LogP contribution in [0.2, 0.25) is 0 Å². The fourth-order valence-electron chi connectivity index (χ4n) is 10.3. The number of hydrogen-bond acceptors (Lipinski definition) is 6. The number of carbonyl (C=O) groups is 3. The molecule has 0 aliphatic rings. The highest BCUT2D eigenvalue weighted by atomic mass is 16.6. The third-order valence-corrected chi connectivity index (χ3v) is 15.6. The van der Waals surface area contributed by atoms with Crippen LogP contribution < -0.4 is 0 Å². The zero-order chi connectivity index (χ0) is 59.9. The van der Waals surface area contributed by atoms with E-state index in [1.165, 1.54) is 205 Å². The second-order valence-electron chi connectivity index (χ2n) is 23.7. The molecule has 1 unspecified atom stereocenters. The molecule has 0 aromatic rings. The van der Waals surface area contributed by atoms with E-state index in [2.05, 4.69) is 118 Å². The van der Waals surface area contributed by atoms with E-state index in [0.717, 1.165) is 109 Å². The van der Waals surface area contributed by atoms with Gasteiger partial charge in [-0.3, -0.25) is 14.4 Å². The van der Waals surface area contributed by atoms with Crippen molar-refractivity contribution in [2.45, 2.75) is 361 Å². The van der Waals surface area contributed by atoms with E-state index in [1.54, 1.807) is 0 Å². The maximum atomic E-state index is 13.0. The van der Waals surface area contributed by atoms with Crippen LogP contribution in [0.5, 0.6) is 0 Å². The van der Waals surface area contributed by atoms with Gasteiger partial charge in [0.1, 0.15) is 13.2 Å². The predicted octanol–water partition coefficient (Wildman–Crippen LogP) is 24.8. The number of esters is 3. The van der Waals surface area contributed by atoms with Crippen LogP contribution in [0.3, 0.4) is 0 Å². The van der Waals surface area contributed by atoms with Crippen LogP contribution in [0.1, 0.15) is 355 Å². The normalized spacial score (nSPS) is 12.7. The second kappa shape index (κ2) is 70.8. The van der Waals surface area contributed by atoms with Gasteiger partial charge in [-0.2, -0.15) is 0 Å². The number of hydrogen-bond donors (Lipinski definition) is 0. The summed E-state index contributed by atoms with van der Waals surface area (Å²) in [7, 11) is 0. The lowest BCUT2D eigenvalue weighted by Gasteiger charge is -2.18. The molecule has 0 aliphatic carbocycles. The summed E-state index contributed by atoms with van der Waals surface area (Å²) in [5.41, 5.74) is 0. The Hall–Kier alpha value is -3.67. The third-order valence-electron chi connectivity index (χ3n) is 15.6. The molecule has 0 saturated heterocycles. The lowest BCUT2D eigenvalue weighted by atomic mass is 10.0. The minimum atomic E-state index is -0.794. The standard InChI is InChI=1S/C77H134O6/c1-4-7-10-13-16-19-22-25-28-30-32-34-35-36-37-38-39-40-41-43-44-46-49-52-55-58-61-64-67-70-76(79)82-73-74(72-81-75(78)69-66-63-60-57-54-51-48-27-24-21-18-15-12-9-6-3)83-77(80)71-68-65-62-59-56-53-50-47-45-42-33-31-29-26-23-20-17-14-11-8-5-2/h7,9-10,12,16,18-19,21,25,27-28,32,34,48,54,57,74H,4-6,8,11,13-15,17,20,22-24,26,29-31,33,35-47,49-53,55-56,58-73H2,1-3H3/b10-7-,12-9-,19-16-,21-18-,28-25-,34-32-,48-27-,57-54-. The molecule has 0 heterocycles. The van der Waals surface area contributed by atoms with Crippen LogP contribution in [0.4, 0.5) is 0 Å². The SMILES string of the molecule is CC/C=C\C/C=C\C/C=C\C/C=C\CCCCCCCCCCCCCCCCCCC(=O)OCC(COC(=O)CCCC/C=C\C/C=C\C/C=C\C/C=C\CC)OC(=O)CCCCCCCCCCCCCCCCCCCCCCC. The molecule has 0 spiro atoms. The van der Waals surface area contributed by atoms with Crippen molar-refractivity contribution in [2.75, 3.05) is 13.2 Å². The van der Waals surface area contributed by atoms with Gasteiger partial charge in [0.05, 0.1) is 0 Å². The lowest BCUT2D eigenvalue weighted by Crippen LogP contribution is -2.30. The highest BCUT2D eigenvalue weighted by Gasteiger charge is 2.19. The largest absolute Gasteiger partial charge is 0.462 e. The third kappa shape index (κ3) is 69.0. The first-order chi connectivity index (χ1) is 41.0. The average Bonchev–Trinajstić information content (AvgIpc) is 3.49. The summed E-state index contributed by atoms with van der Waals surface area (Å²) < 4.78 is 17.0. The lowest BCUT2D eigenvalue weighted by molar-refractivity contribution is -0.167. The van der Waals surface area contributed by atoms with Crippen molar-refractivity contribution in [1.82, 2.24) is 0 Å². The molecule has 0 amide bonds. The summed E-state index contributed by atoms with van der Waals surface area (Å²) in [5, 5.41) is 0. The molecule has 0 aromatic carbocycles. The molecule has 0 saturated carbocycles. The molecule has 478 valence electrons. The van der Waals surface area contributed by atoms with Gasteiger partial charge >= 0.3 is 17.9 Å². The summed E-state index contributed by atoms with van der Waals surface area (Å²) in [5.74, 6) is -0.910. The van der Waals surface area contributed by atoms with Crippen molar-refractivity contribution >= 4 is 17.9 Å².